The zero-order valence-electron chi connectivity index (χ0n) is 16.5. The number of anilines is 1. The molecular formula is C21H23ClN4O4. The van der Waals surface area contributed by atoms with E-state index >= 15 is 0 Å². The first-order valence-corrected chi connectivity index (χ1v) is 9.85. The second kappa shape index (κ2) is 10.3. The highest BCUT2D eigenvalue weighted by Gasteiger charge is 2.26. The van der Waals surface area contributed by atoms with Crippen molar-refractivity contribution in [1.29, 1.82) is 0 Å². The van der Waals surface area contributed by atoms with Crippen molar-refractivity contribution in [3.63, 3.8) is 0 Å². The lowest BCUT2D eigenvalue weighted by atomic mass is 10.0. The number of nitrogens with one attached hydrogen (secondary N) is 1. The molecule has 0 saturated heterocycles. The van der Waals surface area contributed by atoms with Crippen molar-refractivity contribution in [1.82, 2.24) is 4.98 Å². The van der Waals surface area contributed by atoms with Gasteiger partial charge in [0.25, 0.3) is 0 Å². The van der Waals surface area contributed by atoms with Crippen molar-refractivity contribution in [2.45, 2.75) is 25.0 Å². The summed E-state index contributed by atoms with van der Waals surface area (Å²) >= 11 is 6.24. The fraction of sp³-hybridized carbons (Fsp3) is 0.333. The molecule has 30 heavy (non-hydrogen) atoms. The third-order valence-electron chi connectivity index (χ3n) is 4.54. The molecule has 2 atom stereocenters. The molecule has 0 aliphatic carbocycles. The number of nitrogens with zero attached hydrogens (tertiary/aromatic N) is 3. The van der Waals surface area contributed by atoms with Crippen LogP contribution in [0.1, 0.15) is 24.1 Å². The summed E-state index contributed by atoms with van der Waals surface area (Å²) in [5, 5.41) is 22.7. The first-order valence-electron chi connectivity index (χ1n) is 9.48. The van der Waals surface area contributed by atoms with Crippen molar-refractivity contribution >= 4 is 34.8 Å². The van der Waals surface area contributed by atoms with Gasteiger partial charge in [-0.2, -0.15) is 0 Å². The number of amidine groups is 1. The van der Waals surface area contributed by atoms with Gasteiger partial charge in [-0.3, -0.25) is 19.8 Å². The SMILES string of the molecule is COC(=O)CC[C@@H]1N=C(c2ccccn2)c2cc(Cl)ccc2NC1=NCC(O)CO. The van der Waals surface area contributed by atoms with Crippen LogP contribution in [0.25, 0.3) is 0 Å². The maximum atomic E-state index is 11.7. The largest absolute Gasteiger partial charge is 0.469 e. The van der Waals surface area contributed by atoms with Gasteiger partial charge < -0.3 is 20.3 Å². The molecule has 1 aromatic carbocycles. The fourth-order valence-electron chi connectivity index (χ4n) is 3.00. The van der Waals surface area contributed by atoms with Crippen LogP contribution in [0.15, 0.2) is 52.6 Å². The Balaban J connectivity index is 2.09. The van der Waals surface area contributed by atoms with Crippen LogP contribution in [-0.4, -0.2) is 65.1 Å². The van der Waals surface area contributed by atoms with E-state index in [1.807, 2.05) is 24.3 Å². The van der Waals surface area contributed by atoms with Crippen LogP contribution >= 0.6 is 11.6 Å². The number of carbonyl (C=O) groups excluding carboxylic acids is 1. The van der Waals surface area contributed by atoms with Crippen molar-refractivity contribution < 1.29 is 19.7 Å². The number of carbonyl (C=O) groups is 1. The van der Waals surface area contributed by atoms with Gasteiger partial charge >= 0.3 is 5.97 Å². The number of aliphatic hydroxyl groups is 2. The Hall–Kier alpha value is -2.81. The Kier molecular flexibility index (Phi) is 7.51. The molecule has 0 radical (unpaired) electrons. The van der Waals surface area contributed by atoms with Gasteiger partial charge in [0.1, 0.15) is 11.9 Å². The molecule has 0 bridgehead atoms. The van der Waals surface area contributed by atoms with Gasteiger partial charge in [0, 0.05) is 28.9 Å². The van der Waals surface area contributed by atoms with E-state index in [1.54, 1.807) is 18.3 Å². The molecule has 3 N–H and O–H groups in total. The van der Waals surface area contributed by atoms with Crippen LogP contribution in [-0.2, 0) is 9.53 Å². The minimum Gasteiger partial charge on any atom is -0.469 e. The quantitative estimate of drug-likeness (QED) is 0.579. The van der Waals surface area contributed by atoms with Crippen molar-refractivity contribution in [2.75, 3.05) is 25.6 Å². The zero-order chi connectivity index (χ0) is 21.5. The molecule has 0 amide bonds. The Morgan fingerprint density at radius 1 is 1.37 bits per heavy atom. The average Bonchev–Trinajstić information content (AvgIpc) is 2.92. The number of benzene rings is 1. The number of hydrogen-bond acceptors (Lipinski definition) is 7. The van der Waals surface area contributed by atoms with Crippen LogP contribution in [0, 0.1) is 0 Å². The number of aromatic nitrogens is 1. The highest BCUT2D eigenvalue weighted by Crippen LogP contribution is 2.28. The summed E-state index contributed by atoms with van der Waals surface area (Å²) in [6.45, 7) is -0.414. The molecule has 1 unspecified atom stereocenters. The molecule has 3 rings (SSSR count). The number of halogens is 1. The van der Waals surface area contributed by atoms with E-state index in [2.05, 4.69) is 15.3 Å². The fourth-order valence-corrected chi connectivity index (χ4v) is 3.17. The summed E-state index contributed by atoms with van der Waals surface area (Å²) in [6.07, 6.45) is 1.16. The molecule has 0 fully saturated rings. The minimum atomic E-state index is -0.993. The van der Waals surface area contributed by atoms with Crippen LogP contribution in [0.2, 0.25) is 5.02 Å². The molecule has 0 saturated carbocycles. The minimum absolute atomic E-state index is 0.00901. The zero-order valence-corrected chi connectivity index (χ0v) is 17.2. The van der Waals surface area contributed by atoms with Crippen LogP contribution in [0.3, 0.4) is 0 Å². The number of aliphatic hydroxyl groups excluding tert-OH is 2. The molecule has 1 aliphatic heterocycles. The molecule has 8 nitrogen and oxygen atoms in total. The highest BCUT2D eigenvalue weighted by molar-refractivity contribution is 6.32. The van der Waals surface area contributed by atoms with Gasteiger partial charge in [0.05, 0.1) is 37.8 Å². The van der Waals surface area contributed by atoms with Gasteiger partial charge in [-0.1, -0.05) is 17.7 Å². The predicted molar refractivity (Wildman–Crippen MR) is 115 cm³/mol. The van der Waals surface area contributed by atoms with Gasteiger partial charge in [-0.25, -0.2) is 0 Å². The Labute approximate surface area is 179 Å². The smallest absolute Gasteiger partial charge is 0.305 e. The predicted octanol–water partition coefficient (Wildman–Crippen LogP) is 2.07. The average molecular weight is 431 g/mol. The lowest BCUT2D eigenvalue weighted by molar-refractivity contribution is -0.140. The molecule has 2 heterocycles. The van der Waals surface area contributed by atoms with Crippen molar-refractivity contribution in [3.05, 3.63) is 58.9 Å². The van der Waals surface area contributed by atoms with E-state index in [1.165, 1.54) is 7.11 Å². The van der Waals surface area contributed by atoms with Crippen molar-refractivity contribution in [3.8, 4) is 0 Å². The lowest BCUT2D eigenvalue weighted by Crippen LogP contribution is -2.29. The van der Waals surface area contributed by atoms with E-state index in [0.29, 0.717) is 28.7 Å². The number of benzodiazepines with no additional fused rings is 1. The molecule has 0 spiro atoms. The van der Waals surface area contributed by atoms with Gasteiger partial charge in [-0.05, 0) is 36.8 Å². The normalized spacial score (nSPS) is 18.1. The number of pyridine rings is 1. The summed E-state index contributed by atoms with van der Waals surface area (Å²) in [7, 11) is 1.33. The number of aliphatic imine (C=N–C) groups is 2. The molecule has 2 aromatic rings. The molecular weight excluding hydrogens is 408 g/mol. The standard InChI is InChI=1S/C21H23ClN4O4/c1-30-19(29)8-7-18-21(24-11-14(28)12-27)26-16-6-5-13(22)10-15(16)20(25-18)17-4-2-3-9-23-17/h2-6,9-10,14,18,27-28H,7-8,11-12H2,1H3,(H,24,26)/t14?,18-/m0/s1. The van der Waals surface area contributed by atoms with E-state index in [0.717, 1.165) is 11.3 Å². The summed E-state index contributed by atoms with van der Waals surface area (Å²) in [6, 6.07) is 10.4. The first-order chi connectivity index (χ1) is 14.5. The Morgan fingerprint density at radius 3 is 2.90 bits per heavy atom. The summed E-state index contributed by atoms with van der Waals surface area (Å²) in [5.74, 6) is 0.116. The van der Waals surface area contributed by atoms with Gasteiger partial charge in [-0.15, -0.1) is 0 Å². The van der Waals surface area contributed by atoms with Crippen LogP contribution in [0.5, 0.6) is 0 Å². The van der Waals surface area contributed by atoms with E-state index < -0.39 is 18.8 Å². The van der Waals surface area contributed by atoms with Crippen LogP contribution < -0.4 is 5.32 Å². The van der Waals surface area contributed by atoms with Gasteiger partial charge in [0.2, 0.25) is 0 Å². The lowest BCUT2D eigenvalue weighted by Gasteiger charge is -2.16. The highest BCUT2D eigenvalue weighted by atomic mass is 35.5. The Bertz CT molecular complexity index is 949. The second-order valence-electron chi connectivity index (χ2n) is 6.70. The third kappa shape index (κ3) is 5.41. The van der Waals surface area contributed by atoms with E-state index in [4.69, 9.17) is 26.4 Å². The monoisotopic (exact) mass is 430 g/mol. The number of rotatable bonds is 7. The second-order valence-corrected chi connectivity index (χ2v) is 7.14. The molecule has 1 aromatic heterocycles. The molecule has 1 aliphatic rings. The summed E-state index contributed by atoms with van der Waals surface area (Å²) in [4.78, 5) is 25.5. The third-order valence-corrected chi connectivity index (χ3v) is 4.78. The maximum Gasteiger partial charge on any atom is 0.305 e. The summed E-state index contributed by atoms with van der Waals surface area (Å²) < 4.78 is 4.76. The Morgan fingerprint density at radius 2 is 2.20 bits per heavy atom. The molecule has 158 valence electrons. The van der Waals surface area contributed by atoms with Crippen LogP contribution in [0.4, 0.5) is 5.69 Å². The first kappa shape index (κ1) is 21.9. The molecule has 9 heteroatoms. The van der Waals surface area contributed by atoms with Crippen molar-refractivity contribution in [2.24, 2.45) is 9.98 Å². The maximum absolute atomic E-state index is 11.7. The van der Waals surface area contributed by atoms with Gasteiger partial charge in [0.15, 0.2) is 0 Å². The van der Waals surface area contributed by atoms with E-state index in [9.17, 15) is 9.90 Å². The summed E-state index contributed by atoms with van der Waals surface area (Å²) in [5.41, 5.74) is 2.74. The topological polar surface area (TPSA) is 116 Å². The number of ether oxygens (including phenoxy) is 1. The van der Waals surface area contributed by atoms with E-state index in [-0.39, 0.29) is 18.9 Å². The number of esters is 1. The number of methoxy groups -OCH3 is 1. The number of fused-ring (bicyclic) bond motifs is 1. The number of hydrogen-bond donors (Lipinski definition) is 3.